The van der Waals surface area contributed by atoms with Crippen LogP contribution in [-0.2, 0) is 19.1 Å². The molecule has 1 aromatic rings. The van der Waals surface area contributed by atoms with Gasteiger partial charge in [-0.2, -0.15) is 0 Å². The maximum atomic E-state index is 13.9. The Bertz CT molecular complexity index is 879. The molecule has 0 aliphatic rings. The summed E-state index contributed by atoms with van der Waals surface area (Å²) in [6, 6.07) is 3.72. The lowest BCUT2D eigenvalue weighted by Crippen LogP contribution is -2.54. The third-order valence-electron chi connectivity index (χ3n) is 5.15. The minimum atomic E-state index is -1.14. The molecule has 0 heterocycles. The van der Waals surface area contributed by atoms with E-state index in [1.165, 1.54) is 17.0 Å². The average molecular weight is 507 g/mol. The van der Waals surface area contributed by atoms with Crippen LogP contribution in [0.25, 0.3) is 0 Å². The van der Waals surface area contributed by atoms with Crippen LogP contribution in [0.15, 0.2) is 24.3 Å². The quantitative estimate of drug-likeness (QED) is 0.302. The molecule has 1 rings (SSSR count). The second-order valence-electron chi connectivity index (χ2n) is 10.1. The summed E-state index contributed by atoms with van der Waals surface area (Å²) in [6.45, 7) is 11.0. The Morgan fingerprint density at radius 2 is 1.67 bits per heavy atom. The van der Waals surface area contributed by atoms with Crippen molar-refractivity contribution >= 4 is 23.8 Å². The van der Waals surface area contributed by atoms with Gasteiger partial charge in [0.05, 0.1) is 0 Å². The summed E-state index contributed by atoms with van der Waals surface area (Å²) in [5, 5.41) is 15.2. The molecule has 0 aromatic heterocycles. The lowest BCUT2D eigenvalue weighted by Gasteiger charge is -2.35. The second-order valence-corrected chi connectivity index (χ2v) is 10.1. The molecule has 1 aromatic carbocycles. The standard InChI is InChI=1S/C26H42N4O6/c1-7-8-9-16-30(22(23(33)28-17(2)3)18-10-12-19(31)13-11-18)24(34)20(14-15-21(27)32)29-25(35)36-26(4,5)6/h10-13,17,20,22,31H,7-9,14-16H2,1-6H3,(H2,27,32)(H,28,33)(H,29,35). The van der Waals surface area contributed by atoms with Crippen LogP contribution in [0.3, 0.4) is 0 Å². The normalized spacial score (nSPS) is 13.0. The number of amides is 4. The number of nitrogens with two attached hydrogens (primary N) is 1. The van der Waals surface area contributed by atoms with Gasteiger partial charge in [0.1, 0.15) is 23.4 Å². The average Bonchev–Trinajstić information content (AvgIpc) is 2.74. The topological polar surface area (TPSA) is 151 Å². The minimum absolute atomic E-state index is 0.0246. The smallest absolute Gasteiger partial charge is 0.408 e. The van der Waals surface area contributed by atoms with Crippen LogP contribution < -0.4 is 16.4 Å². The van der Waals surface area contributed by atoms with Gasteiger partial charge in [-0.1, -0.05) is 31.9 Å². The number of nitrogens with zero attached hydrogens (tertiary/aromatic N) is 1. The number of hydrogen-bond donors (Lipinski definition) is 4. The van der Waals surface area contributed by atoms with Gasteiger partial charge in [-0.25, -0.2) is 4.79 Å². The molecule has 5 N–H and O–H groups in total. The zero-order valence-electron chi connectivity index (χ0n) is 22.3. The first kappa shape index (κ1) is 30.7. The fraction of sp³-hybridized carbons (Fsp3) is 0.615. The molecule has 0 bridgehead atoms. The van der Waals surface area contributed by atoms with Crippen molar-refractivity contribution in [2.75, 3.05) is 6.54 Å². The highest BCUT2D eigenvalue weighted by Crippen LogP contribution is 2.26. The zero-order valence-corrected chi connectivity index (χ0v) is 22.3. The van der Waals surface area contributed by atoms with Crippen LogP contribution in [0.4, 0.5) is 4.79 Å². The lowest BCUT2D eigenvalue weighted by atomic mass is 10.0. The van der Waals surface area contributed by atoms with Crippen LogP contribution in [0.2, 0.25) is 0 Å². The van der Waals surface area contributed by atoms with Crippen molar-refractivity contribution in [2.24, 2.45) is 5.73 Å². The molecule has 4 amide bonds. The SMILES string of the molecule is CCCCCN(C(=O)C(CCC(N)=O)NC(=O)OC(C)(C)C)C(C(=O)NC(C)C)c1ccc(O)cc1. The van der Waals surface area contributed by atoms with Crippen molar-refractivity contribution in [1.29, 1.82) is 0 Å². The molecule has 2 atom stereocenters. The van der Waals surface area contributed by atoms with E-state index in [0.717, 1.165) is 12.8 Å². The monoisotopic (exact) mass is 506 g/mol. The first-order valence-electron chi connectivity index (χ1n) is 12.4. The number of phenolic OH excluding ortho intramolecular Hbond substituents is 1. The van der Waals surface area contributed by atoms with Gasteiger partial charge in [0, 0.05) is 19.0 Å². The number of carbonyl (C=O) groups excluding carboxylic acids is 4. The molecule has 202 valence electrons. The number of hydrogen-bond acceptors (Lipinski definition) is 6. The highest BCUT2D eigenvalue weighted by Gasteiger charge is 2.36. The number of unbranched alkanes of at least 4 members (excludes halogenated alkanes) is 2. The highest BCUT2D eigenvalue weighted by molar-refractivity contribution is 5.92. The lowest BCUT2D eigenvalue weighted by molar-refractivity contribution is -0.143. The van der Waals surface area contributed by atoms with E-state index in [9.17, 15) is 24.3 Å². The number of ether oxygens (including phenoxy) is 1. The molecule has 0 aliphatic heterocycles. The predicted octanol–water partition coefficient (Wildman–Crippen LogP) is 3.14. The molecule has 0 radical (unpaired) electrons. The fourth-order valence-electron chi connectivity index (χ4n) is 3.59. The molecule has 2 unspecified atom stereocenters. The Balaban J connectivity index is 3.46. The van der Waals surface area contributed by atoms with E-state index in [1.807, 2.05) is 20.8 Å². The number of primary amides is 1. The van der Waals surface area contributed by atoms with Crippen molar-refractivity contribution < 1.29 is 29.0 Å². The molecule has 10 heteroatoms. The number of benzene rings is 1. The van der Waals surface area contributed by atoms with E-state index in [0.29, 0.717) is 12.0 Å². The Kier molecular flexibility index (Phi) is 12.2. The van der Waals surface area contributed by atoms with Gasteiger partial charge in [0.25, 0.3) is 0 Å². The number of aromatic hydroxyl groups is 1. The first-order chi connectivity index (χ1) is 16.7. The highest BCUT2D eigenvalue weighted by atomic mass is 16.6. The van der Waals surface area contributed by atoms with E-state index in [2.05, 4.69) is 10.6 Å². The van der Waals surface area contributed by atoms with E-state index < -0.39 is 41.5 Å². The number of alkyl carbamates (subject to hydrolysis) is 1. The number of rotatable bonds is 13. The van der Waals surface area contributed by atoms with E-state index >= 15 is 0 Å². The van der Waals surface area contributed by atoms with Gasteiger partial charge in [-0.15, -0.1) is 0 Å². The van der Waals surface area contributed by atoms with Gasteiger partial charge in [0.15, 0.2) is 0 Å². The maximum Gasteiger partial charge on any atom is 0.408 e. The van der Waals surface area contributed by atoms with Gasteiger partial charge < -0.3 is 31.1 Å². The predicted molar refractivity (Wildman–Crippen MR) is 137 cm³/mol. The van der Waals surface area contributed by atoms with Crippen LogP contribution in [0.5, 0.6) is 5.75 Å². The van der Waals surface area contributed by atoms with Crippen molar-refractivity contribution in [2.45, 2.75) is 97.4 Å². The molecule has 0 aliphatic carbocycles. The summed E-state index contributed by atoms with van der Waals surface area (Å²) in [6.07, 6.45) is 1.34. The molecular weight excluding hydrogens is 464 g/mol. The van der Waals surface area contributed by atoms with Crippen molar-refractivity contribution in [3.63, 3.8) is 0 Å². The fourth-order valence-corrected chi connectivity index (χ4v) is 3.59. The third-order valence-corrected chi connectivity index (χ3v) is 5.15. The van der Waals surface area contributed by atoms with Crippen LogP contribution in [0.1, 0.15) is 85.3 Å². The van der Waals surface area contributed by atoms with Crippen LogP contribution in [0, 0.1) is 0 Å². The Morgan fingerprint density at radius 3 is 2.17 bits per heavy atom. The molecular formula is C26H42N4O6. The van der Waals surface area contributed by atoms with E-state index in [1.54, 1.807) is 32.9 Å². The molecule has 0 fully saturated rings. The van der Waals surface area contributed by atoms with Crippen LogP contribution in [-0.4, -0.2) is 58.1 Å². The number of carbonyl (C=O) groups is 4. The summed E-state index contributed by atoms with van der Waals surface area (Å²) in [7, 11) is 0. The summed E-state index contributed by atoms with van der Waals surface area (Å²) in [5.41, 5.74) is 5.02. The summed E-state index contributed by atoms with van der Waals surface area (Å²) in [4.78, 5) is 52.7. The molecule has 0 saturated carbocycles. The molecule has 0 spiro atoms. The summed E-state index contributed by atoms with van der Waals surface area (Å²) in [5.74, 6) is -1.53. The molecule has 0 saturated heterocycles. The summed E-state index contributed by atoms with van der Waals surface area (Å²) >= 11 is 0. The van der Waals surface area contributed by atoms with E-state index in [-0.39, 0.29) is 31.2 Å². The zero-order chi connectivity index (χ0) is 27.5. The van der Waals surface area contributed by atoms with Crippen molar-refractivity contribution in [1.82, 2.24) is 15.5 Å². The van der Waals surface area contributed by atoms with Crippen molar-refractivity contribution in [3.8, 4) is 5.75 Å². The Labute approximate surface area is 213 Å². The Morgan fingerprint density at radius 1 is 1.06 bits per heavy atom. The van der Waals surface area contributed by atoms with Crippen molar-refractivity contribution in [3.05, 3.63) is 29.8 Å². The first-order valence-corrected chi connectivity index (χ1v) is 12.4. The van der Waals surface area contributed by atoms with E-state index in [4.69, 9.17) is 10.5 Å². The molecule has 10 nitrogen and oxygen atoms in total. The van der Waals surface area contributed by atoms with Gasteiger partial charge in [0.2, 0.25) is 17.7 Å². The van der Waals surface area contributed by atoms with Gasteiger partial charge in [-0.05, 0) is 65.2 Å². The number of phenols is 1. The molecule has 36 heavy (non-hydrogen) atoms. The summed E-state index contributed by atoms with van der Waals surface area (Å²) < 4.78 is 5.32. The van der Waals surface area contributed by atoms with Gasteiger partial charge in [-0.3, -0.25) is 14.4 Å². The van der Waals surface area contributed by atoms with Gasteiger partial charge >= 0.3 is 6.09 Å². The second kappa shape index (κ2) is 14.3. The maximum absolute atomic E-state index is 13.9. The minimum Gasteiger partial charge on any atom is -0.508 e. The van der Waals surface area contributed by atoms with Crippen LogP contribution >= 0.6 is 0 Å². The largest absolute Gasteiger partial charge is 0.508 e. The number of nitrogens with one attached hydrogen (secondary N) is 2. The third kappa shape index (κ3) is 11.0. The Hall–Kier alpha value is -3.30.